The van der Waals surface area contributed by atoms with Crippen LogP contribution in [0.1, 0.15) is 29.6 Å². The Hall–Kier alpha value is -2.64. The third-order valence-electron chi connectivity index (χ3n) is 4.92. The van der Waals surface area contributed by atoms with Crippen molar-refractivity contribution in [3.05, 3.63) is 59.9 Å². The molecule has 0 bridgehead atoms. The van der Waals surface area contributed by atoms with Crippen LogP contribution in [0.5, 0.6) is 5.75 Å². The molecule has 0 spiro atoms. The second kappa shape index (κ2) is 10.8. The van der Waals surface area contributed by atoms with Crippen molar-refractivity contribution >= 4 is 29.9 Å². The van der Waals surface area contributed by atoms with Crippen LogP contribution < -0.4 is 21.1 Å². The number of amides is 2. The lowest BCUT2D eigenvalue weighted by Gasteiger charge is -2.20. The first-order valence-electron chi connectivity index (χ1n) is 9.35. The number of ether oxygens (including phenoxy) is 1. The van der Waals surface area contributed by atoms with Crippen LogP contribution in [-0.2, 0) is 4.79 Å². The number of hydrogen-bond donors (Lipinski definition) is 3. The average Bonchev–Trinajstić information content (AvgIpc) is 3.15. The number of halogens is 2. The number of para-hydroxylation sites is 2. The summed E-state index contributed by atoms with van der Waals surface area (Å²) in [6, 6.07) is 12.7. The summed E-state index contributed by atoms with van der Waals surface area (Å²) in [4.78, 5) is 24.7. The maximum atomic E-state index is 13.6. The molecule has 0 heterocycles. The molecule has 0 aliphatic heterocycles. The summed E-state index contributed by atoms with van der Waals surface area (Å²) < 4.78 is 19.2. The molecule has 8 heteroatoms. The highest BCUT2D eigenvalue weighted by Crippen LogP contribution is 2.26. The minimum absolute atomic E-state index is 0. The largest absolute Gasteiger partial charge is 0.483 e. The number of hydrogen-bond acceptors (Lipinski definition) is 4. The third-order valence-corrected chi connectivity index (χ3v) is 4.92. The number of anilines is 1. The fourth-order valence-electron chi connectivity index (χ4n) is 3.43. The fourth-order valence-corrected chi connectivity index (χ4v) is 3.43. The van der Waals surface area contributed by atoms with Crippen LogP contribution in [0.4, 0.5) is 10.1 Å². The van der Waals surface area contributed by atoms with E-state index in [4.69, 9.17) is 10.5 Å². The number of nitrogens with one attached hydrogen (secondary N) is 2. The topological polar surface area (TPSA) is 93.4 Å². The molecule has 0 radical (unpaired) electrons. The van der Waals surface area contributed by atoms with Gasteiger partial charge in [-0.2, -0.15) is 0 Å². The Labute approximate surface area is 175 Å². The second-order valence-electron chi connectivity index (χ2n) is 6.82. The van der Waals surface area contributed by atoms with Crippen LogP contribution in [0.3, 0.4) is 0 Å². The van der Waals surface area contributed by atoms with Crippen molar-refractivity contribution in [1.82, 2.24) is 5.32 Å². The summed E-state index contributed by atoms with van der Waals surface area (Å²) in [6.45, 7) is 0.201. The maximum absolute atomic E-state index is 13.6. The summed E-state index contributed by atoms with van der Waals surface area (Å²) in [5.74, 6) is -0.717. The van der Waals surface area contributed by atoms with Crippen molar-refractivity contribution in [2.45, 2.75) is 25.3 Å². The van der Waals surface area contributed by atoms with Crippen LogP contribution >= 0.6 is 12.4 Å². The van der Waals surface area contributed by atoms with Crippen LogP contribution in [0, 0.1) is 11.7 Å². The highest BCUT2D eigenvalue weighted by Gasteiger charge is 2.28. The molecule has 2 atom stereocenters. The van der Waals surface area contributed by atoms with Gasteiger partial charge < -0.3 is 21.1 Å². The van der Waals surface area contributed by atoms with E-state index in [0.717, 1.165) is 19.3 Å². The van der Waals surface area contributed by atoms with Gasteiger partial charge in [0.1, 0.15) is 11.6 Å². The van der Waals surface area contributed by atoms with Crippen LogP contribution in [0.2, 0.25) is 0 Å². The molecular weight excluding hydrogens is 397 g/mol. The van der Waals surface area contributed by atoms with Gasteiger partial charge in [0.15, 0.2) is 6.61 Å². The first kappa shape index (κ1) is 22.6. The van der Waals surface area contributed by atoms with Crippen molar-refractivity contribution in [2.24, 2.45) is 11.7 Å². The number of carbonyl (C=O) groups excluding carboxylic acids is 2. The number of nitrogens with two attached hydrogens (primary N) is 1. The molecule has 0 aromatic heterocycles. The smallest absolute Gasteiger partial charge is 0.262 e. The third kappa shape index (κ3) is 5.92. The lowest BCUT2D eigenvalue weighted by molar-refractivity contribution is -0.118. The predicted molar refractivity (Wildman–Crippen MR) is 112 cm³/mol. The van der Waals surface area contributed by atoms with Crippen LogP contribution in [0.25, 0.3) is 0 Å². The molecular formula is C21H25ClFN3O3. The van der Waals surface area contributed by atoms with Gasteiger partial charge in [0.05, 0.1) is 11.3 Å². The molecule has 6 nitrogen and oxygen atoms in total. The first-order valence-corrected chi connectivity index (χ1v) is 9.35. The van der Waals surface area contributed by atoms with E-state index in [1.54, 1.807) is 30.3 Å². The zero-order valence-electron chi connectivity index (χ0n) is 15.9. The zero-order valence-corrected chi connectivity index (χ0v) is 16.7. The van der Waals surface area contributed by atoms with Crippen LogP contribution in [0.15, 0.2) is 48.5 Å². The Kier molecular flexibility index (Phi) is 8.42. The normalized spacial score (nSPS) is 17.9. The Morgan fingerprint density at radius 1 is 1.10 bits per heavy atom. The van der Waals surface area contributed by atoms with Gasteiger partial charge in [-0.25, -0.2) is 4.39 Å². The number of benzene rings is 2. The predicted octanol–water partition coefficient (Wildman–Crippen LogP) is 3.12. The first-order chi connectivity index (χ1) is 13.6. The molecule has 2 amide bonds. The van der Waals surface area contributed by atoms with E-state index in [-0.39, 0.29) is 42.6 Å². The lowest BCUT2D eigenvalue weighted by atomic mass is 10.0. The van der Waals surface area contributed by atoms with Gasteiger partial charge in [-0.1, -0.05) is 30.7 Å². The molecule has 4 N–H and O–H groups in total. The molecule has 29 heavy (non-hydrogen) atoms. The standard InChI is InChI=1S/C21H24FN3O3.ClH/c22-16-8-2-3-9-18(16)24-20(26)13-28-19-11-4-1-7-15(19)21(27)25-17-10-5-6-14(17)12-23;/h1-4,7-9,11,14,17H,5-6,10,12-13,23H2,(H,24,26)(H,25,27);1H. The molecule has 1 saturated carbocycles. The minimum Gasteiger partial charge on any atom is -0.483 e. The highest BCUT2D eigenvalue weighted by atomic mass is 35.5. The molecule has 2 unspecified atom stereocenters. The van der Waals surface area contributed by atoms with E-state index in [1.807, 2.05) is 0 Å². The molecule has 1 aliphatic rings. The van der Waals surface area contributed by atoms with Crippen molar-refractivity contribution in [1.29, 1.82) is 0 Å². The fraction of sp³-hybridized carbons (Fsp3) is 0.333. The van der Waals surface area contributed by atoms with E-state index in [1.165, 1.54) is 18.2 Å². The number of carbonyl (C=O) groups is 2. The van der Waals surface area contributed by atoms with Crippen molar-refractivity contribution < 1.29 is 18.7 Å². The summed E-state index contributed by atoms with van der Waals surface area (Å²) in [5.41, 5.74) is 6.21. The van der Waals surface area contributed by atoms with Gasteiger partial charge >= 0.3 is 0 Å². The molecule has 2 aromatic rings. The molecule has 2 aromatic carbocycles. The van der Waals surface area contributed by atoms with Gasteiger partial charge in [-0.05, 0) is 49.6 Å². The van der Waals surface area contributed by atoms with E-state index in [9.17, 15) is 14.0 Å². The quantitative estimate of drug-likeness (QED) is 0.640. The van der Waals surface area contributed by atoms with Crippen molar-refractivity contribution in [3.63, 3.8) is 0 Å². The van der Waals surface area contributed by atoms with E-state index in [0.29, 0.717) is 17.9 Å². The van der Waals surface area contributed by atoms with Crippen molar-refractivity contribution in [3.8, 4) is 5.75 Å². The van der Waals surface area contributed by atoms with E-state index in [2.05, 4.69) is 10.6 Å². The van der Waals surface area contributed by atoms with Crippen molar-refractivity contribution in [2.75, 3.05) is 18.5 Å². The van der Waals surface area contributed by atoms with Gasteiger partial charge in [-0.3, -0.25) is 9.59 Å². The van der Waals surface area contributed by atoms with Gasteiger partial charge in [0, 0.05) is 6.04 Å². The van der Waals surface area contributed by atoms with Gasteiger partial charge in [-0.15, -0.1) is 12.4 Å². The Morgan fingerprint density at radius 3 is 2.59 bits per heavy atom. The van der Waals surface area contributed by atoms with E-state index >= 15 is 0 Å². The van der Waals surface area contributed by atoms with Gasteiger partial charge in [0.2, 0.25) is 0 Å². The summed E-state index contributed by atoms with van der Waals surface area (Å²) in [5, 5.41) is 5.47. The monoisotopic (exact) mass is 421 g/mol. The Morgan fingerprint density at radius 2 is 1.83 bits per heavy atom. The van der Waals surface area contributed by atoms with Crippen LogP contribution in [-0.4, -0.2) is 31.0 Å². The molecule has 1 fully saturated rings. The summed E-state index contributed by atoms with van der Waals surface area (Å²) in [7, 11) is 0. The summed E-state index contributed by atoms with van der Waals surface area (Å²) in [6.07, 6.45) is 2.96. The van der Waals surface area contributed by atoms with Gasteiger partial charge in [0.25, 0.3) is 11.8 Å². The molecule has 156 valence electrons. The maximum Gasteiger partial charge on any atom is 0.262 e. The molecule has 0 saturated heterocycles. The minimum atomic E-state index is -0.526. The second-order valence-corrected chi connectivity index (χ2v) is 6.82. The number of rotatable bonds is 7. The average molecular weight is 422 g/mol. The zero-order chi connectivity index (χ0) is 19.9. The van der Waals surface area contributed by atoms with E-state index < -0.39 is 11.7 Å². The molecule has 1 aliphatic carbocycles. The highest BCUT2D eigenvalue weighted by molar-refractivity contribution is 5.97. The molecule has 3 rings (SSSR count). The Bertz CT molecular complexity index is 849. The summed E-state index contributed by atoms with van der Waals surface area (Å²) >= 11 is 0. The Balaban J connectivity index is 0.00000300. The lowest BCUT2D eigenvalue weighted by Crippen LogP contribution is -2.40. The SMILES string of the molecule is Cl.NCC1CCCC1NC(=O)c1ccccc1OCC(=O)Nc1ccccc1F.